The van der Waals surface area contributed by atoms with Gasteiger partial charge in [0.05, 0.1) is 88.9 Å². The van der Waals surface area contributed by atoms with E-state index in [2.05, 4.69) is 319 Å². The summed E-state index contributed by atoms with van der Waals surface area (Å²) in [5.74, 6) is 0. The Morgan fingerprint density at radius 1 is 0.182 bits per heavy atom. The third kappa shape index (κ3) is 6.24. The minimum absolute atomic E-state index is 0.352. The number of nitriles is 2. The van der Waals surface area contributed by atoms with Gasteiger partial charge in [-0.05, 0) is 97.1 Å². The molecule has 0 saturated carbocycles. The van der Waals surface area contributed by atoms with E-state index in [1.54, 1.807) is 0 Å². The van der Waals surface area contributed by atoms with Gasteiger partial charge in [-0.3, -0.25) is 0 Å². The maximum Gasteiger partial charge on any atom is 0.104 e. The summed E-state index contributed by atoms with van der Waals surface area (Å²) in [6, 6.07) is 105. The molecule has 0 aliphatic rings. The van der Waals surface area contributed by atoms with Crippen molar-refractivity contribution in [1.82, 2.24) is 27.4 Å². The largest absolute Gasteiger partial charge is 0.309 e. The lowest BCUT2D eigenvalue weighted by molar-refractivity contribution is 1.02. The molecular formula is C80H46N8. The first kappa shape index (κ1) is 48.1. The highest BCUT2D eigenvalue weighted by Gasteiger charge is 2.35. The molecule has 0 spiro atoms. The standard InChI is InChI=1S/C80H46N8/c81-47-59-77(87-67-41-21-13-33-57(67)75-71(87)45-43-69-73(75)55-31-11-19-39-65(55)83(69)49-23-3-1-4-24-49)60(48-82)79(86-63-37-17-9-29-53(63)54-30-10-18-38-64(54)86)80(78(59)85-61-35-15-7-27-51(61)52-28-8-16-36-62(52)85)88-68-42-22-14-34-58(68)76-72(88)46-44-70-74(76)56-32-12-20-40-66(56)84(70)50-25-5-2-6-26-50/h1-46H. The van der Waals surface area contributed by atoms with Crippen molar-refractivity contribution in [3.05, 3.63) is 290 Å². The van der Waals surface area contributed by atoms with E-state index in [0.717, 1.165) is 142 Å². The zero-order valence-electron chi connectivity index (χ0n) is 47.1. The SMILES string of the molecule is N#Cc1c(-n2c3ccccc3c3ccccc32)c(-n2c3ccccc3c3c4c5ccccc5n(-c5ccccc5)c4ccc32)c(-n2c3ccccc3c3ccccc32)c(C#N)c1-n1c2ccccc2c2c3c4ccccc4n(-c4ccccc4)c3ccc21. The zero-order chi connectivity index (χ0) is 57.9. The molecule has 0 bridgehead atoms. The van der Waals surface area contributed by atoms with Crippen LogP contribution in [0.5, 0.6) is 0 Å². The Kier molecular flexibility index (Phi) is 9.87. The predicted octanol–water partition coefficient (Wildman–Crippen LogP) is 20.0. The smallest absolute Gasteiger partial charge is 0.104 e. The molecule has 0 saturated heterocycles. The van der Waals surface area contributed by atoms with E-state index in [1.807, 2.05) is 0 Å². The second-order valence-corrected chi connectivity index (χ2v) is 22.9. The van der Waals surface area contributed by atoms with Gasteiger partial charge in [-0.2, -0.15) is 10.5 Å². The fraction of sp³-hybridized carbons (Fsp3) is 0. The molecule has 6 aromatic heterocycles. The van der Waals surface area contributed by atoms with Crippen molar-refractivity contribution in [2.45, 2.75) is 0 Å². The highest BCUT2D eigenvalue weighted by molar-refractivity contribution is 6.31. The number of nitrogens with zero attached hydrogens (tertiary/aromatic N) is 8. The third-order valence-corrected chi connectivity index (χ3v) is 18.6. The molecule has 0 atom stereocenters. The van der Waals surface area contributed by atoms with Crippen LogP contribution in [0.3, 0.4) is 0 Å². The Morgan fingerprint density at radius 2 is 0.398 bits per heavy atom. The first-order valence-electron chi connectivity index (χ1n) is 29.7. The normalized spacial score (nSPS) is 12.1. The molecule has 0 aliphatic carbocycles. The van der Waals surface area contributed by atoms with Crippen LogP contribution in [0.4, 0.5) is 0 Å². The molecule has 0 aliphatic heterocycles. The lowest BCUT2D eigenvalue weighted by atomic mass is 9.98. The van der Waals surface area contributed by atoms with Crippen molar-refractivity contribution in [3.8, 4) is 46.3 Å². The molecular weight excluding hydrogens is 1070 g/mol. The molecule has 0 amide bonds. The first-order valence-corrected chi connectivity index (χ1v) is 29.7. The molecule has 19 aromatic rings. The van der Waals surface area contributed by atoms with Gasteiger partial charge >= 0.3 is 0 Å². The van der Waals surface area contributed by atoms with Gasteiger partial charge in [-0.25, -0.2) is 0 Å². The average molecular weight is 1120 g/mol. The van der Waals surface area contributed by atoms with Gasteiger partial charge < -0.3 is 27.4 Å². The van der Waals surface area contributed by atoms with Crippen molar-refractivity contribution in [3.63, 3.8) is 0 Å². The number of para-hydroxylation sites is 10. The molecule has 6 heterocycles. The average Bonchev–Trinajstić information content (AvgIpc) is 1.55. The minimum atomic E-state index is 0.352. The van der Waals surface area contributed by atoms with Gasteiger partial charge in [-0.15, -0.1) is 0 Å². The molecule has 8 nitrogen and oxygen atoms in total. The molecule has 8 heteroatoms. The van der Waals surface area contributed by atoms with Crippen LogP contribution in [0.15, 0.2) is 279 Å². The van der Waals surface area contributed by atoms with Crippen molar-refractivity contribution in [1.29, 1.82) is 10.5 Å². The Balaban J connectivity index is 1.08. The number of aromatic nitrogens is 6. The fourth-order valence-electron chi connectivity index (χ4n) is 15.3. The number of rotatable bonds is 6. The van der Waals surface area contributed by atoms with Crippen LogP contribution in [-0.2, 0) is 0 Å². The minimum Gasteiger partial charge on any atom is -0.309 e. The summed E-state index contributed by atoms with van der Waals surface area (Å²) in [5, 5.41) is 38.6. The second kappa shape index (κ2) is 18.1. The monoisotopic (exact) mass is 1120 g/mol. The maximum absolute atomic E-state index is 12.9. The van der Waals surface area contributed by atoms with Gasteiger partial charge in [-0.1, -0.05) is 182 Å². The van der Waals surface area contributed by atoms with Crippen LogP contribution in [0.25, 0.3) is 165 Å². The van der Waals surface area contributed by atoms with E-state index in [0.29, 0.717) is 33.9 Å². The Bertz CT molecular complexity index is 6060. The molecule has 0 unspecified atom stereocenters. The van der Waals surface area contributed by atoms with E-state index in [-0.39, 0.29) is 0 Å². The van der Waals surface area contributed by atoms with Crippen LogP contribution >= 0.6 is 0 Å². The summed E-state index contributed by atoms with van der Waals surface area (Å²) < 4.78 is 14.0. The van der Waals surface area contributed by atoms with Gasteiger partial charge in [0, 0.05) is 76.0 Å². The van der Waals surface area contributed by atoms with Gasteiger partial charge in [0.2, 0.25) is 0 Å². The molecule has 0 radical (unpaired) electrons. The summed E-state index contributed by atoms with van der Waals surface area (Å²) in [5.41, 5.74) is 17.0. The number of fused-ring (bicyclic) bond motifs is 20. The highest BCUT2D eigenvalue weighted by Crippen LogP contribution is 2.51. The van der Waals surface area contributed by atoms with Crippen LogP contribution < -0.4 is 0 Å². The fourth-order valence-corrected chi connectivity index (χ4v) is 15.3. The maximum atomic E-state index is 12.9. The van der Waals surface area contributed by atoms with Crippen LogP contribution in [0.1, 0.15) is 11.1 Å². The summed E-state index contributed by atoms with van der Waals surface area (Å²) in [7, 11) is 0. The summed E-state index contributed by atoms with van der Waals surface area (Å²) in [6.45, 7) is 0. The topological polar surface area (TPSA) is 77.2 Å². The predicted molar refractivity (Wildman–Crippen MR) is 362 cm³/mol. The van der Waals surface area contributed by atoms with Gasteiger partial charge in [0.25, 0.3) is 0 Å². The highest BCUT2D eigenvalue weighted by atomic mass is 15.1. The molecule has 0 N–H and O–H groups in total. The van der Waals surface area contributed by atoms with E-state index in [1.165, 1.54) is 0 Å². The summed E-state index contributed by atoms with van der Waals surface area (Å²) in [6.07, 6.45) is 0. The van der Waals surface area contributed by atoms with Crippen LogP contribution in [0, 0.1) is 22.7 Å². The zero-order valence-corrected chi connectivity index (χ0v) is 47.1. The quantitative estimate of drug-likeness (QED) is 0.166. The molecule has 19 rings (SSSR count). The van der Waals surface area contributed by atoms with E-state index < -0.39 is 0 Å². The Morgan fingerprint density at radius 3 is 0.693 bits per heavy atom. The number of benzene rings is 13. The van der Waals surface area contributed by atoms with Crippen LogP contribution in [0.2, 0.25) is 0 Å². The lowest BCUT2D eigenvalue weighted by Crippen LogP contribution is -2.16. The van der Waals surface area contributed by atoms with Gasteiger partial charge in [0.1, 0.15) is 23.3 Å². The molecule has 406 valence electrons. The van der Waals surface area contributed by atoms with Crippen molar-refractivity contribution < 1.29 is 0 Å². The third-order valence-electron chi connectivity index (χ3n) is 18.6. The van der Waals surface area contributed by atoms with Gasteiger partial charge in [0.15, 0.2) is 0 Å². The molecule has 88 heavy (non-hydrogen) atoms. The number of hydrogen-bond acceptors (Lipinski definition) is 2. The molecule has 13 aromatic carbocycles. The summed E-state index contributed by atoms with van der Waals surface area (Å²) >= 11 is 0. The van der Waals surface area contributed by atoms with E-state index in [4.69, 9.17) is 0 Å². The van der Waals surface area contributed by atoms with Crippen molar-refractivity contribution in [2.75, 3.05) is 0 Å². The summed E-state index contributed by atoms with van der Waals surface area (Å²) in [4.78, 5) is 0. The molecule has 0 fully saturated rings. The first-order chi connectivity index (χ1) is 43.7. The van der Waals surface area contributed by atoms with Crippen LogP contribution in [-0.4, -0.2) is 27.4 Å². The second-order valence-electron chi connectivity index (χ2n) is 22.9. The van der Waals surface area contributed by atoms with E-state index >= 15 is 0 Å². The van der Waals surface area contributed by atoms with Crippen molar-refractivity contribution in [2.24, 2.45) is 0 Å². The Hall–Kier alpha value is -12.4. The number of hydrogen-bond donors (Lipinski definition) is 0. The Labute approximate surface area is 502 Å². The lowest BCUT2D eigenvalue weighted by Gasteiger charge is -2.27. The van der Waals surface area contributed by atoms with E-state index in [9.17, 15) is 10.5 Å². The van der Waals surface area contributed by atoms with Crippen molar-refractivity contribution >= 4 is 131 Å².